The molecule has 0 N–H and O–H groups in total. The van der Waals surface area contributed by atoms with Crippen LogP contribution in [0, 0.1) is 0 Å². The standard InChI is InChI=1S/C32H36N4O2/c1-4-6-10-20-35-28-19-18-24(32(37)38-3)22-27(28)34-31(35)25-16-11-17-26-30(25)36(29(5-2)33-26)21-12-15-23-13-8-7-9-14-23/h7-9,11,13-14,16-19,22H,4-6,10,12,15,20-21H2,1-3H3. The SMILES string of the molecule is CCCCCn1c(-c2cccc3nc(CC)n(CCCc4ccccc4)c23)nc2cc(C(=O)OC)ccc21. The second-order valence-electron chi connectivity index (χ2n) is 9.78. The number of hydrogen-bond acceptors (Lipinski definition) is 4. The number of aromatic nitrogens is 4. The van der Waals surface area contributed by atoms with Crippen LogP contribution in [-0.2, 0) is 30.7 Å². The average Bonchev–Trinajstić information content (AvgIpc) is 3.51. The number of fused-ring (bicyclic) bond motifs is 2. The zero-order valence-electron chi connectivity index (χ0n) is 22.6. The molecular formula is C32H36N4O2. The van der Waals surface area contributed by atoms with Crippen LogP contribution in [0.25, 0.3) is 33.5 Å². The van der Waals surface area contributed by atoms with Gasteiger partial charge in [0.15, 0.2) is 0 Å². The summed E-state index contributed by atoms with van der Waals surface area (Å²) in [4.78, 5) is 22.3. The van der Waals surface area contributed by atoms with Crippen LogP contribution >= 0.6 is 0 Å². The van der Waals surface area contributed by atoms with Crippen LogP contribution in [0.3, 0.4) is 0 Å². The number of imidazole rings is 2. The van der Waals surface area contributed by atoms with Gasteiger partial charge in [0.2, 0.25) is 0 Å². The van der Waals surface area contributed by atoms with Crippen LogP contribution in [0.1, 0.15) is 61.3 Å². The van der Waals surface area contributed by atoms with Gasteiger partial charge in [-0.3, -0.25) is 0 Å². The van der Waals surface area contributed by atoms with E-state index in [1.165, 1.54) is 12.7 Å². The molecule has 0 radical (unpaired) electrons. The van der Waals surface area contributed by atoms with Gasteiger partial charge in [-0.15, -0.1) is 0 Å². The molecular weight excluding hydrogens is 472 g/mol. The Morgan fingerprint density at radius 3 is 2.42 bits per heavy atom. The molecule has 0 unspecified atom stereocenters. The summed E-state index contributed by atoms with van der Waals surface area (Å²) in [5.41, 5.74) is 6.94. The Bertz CT molecular complexity index is 1550. The quantitative estimate of drug-likeness (QED) is 0.140. The van der Waals surface area contributed by atoms with E-state index in [4.69, 9.17) is 14.7 Å². The van der Waals surface area contributed by atoms with E-state index in [0.29, 0.717) is 5.56 Å². The van der Waals surface area contributed by atoms with Crippen molar-refractivity contribution in [2.24, 2.45) is 0 Å². The normalized spacial score (nSPS) is 11.4. The van der Waals surface area contributed by atoms with E-state index in [1.807, 2.05) is 18.2 Å². The summed E-state index contributed by atoms with van der Waals surface area (Å²) in [5, 5.41) is 0. The molecule has 6 heteroatoms. The summed E-state index contributed by atoms with van der Waals surface area (Å²) in [7, 11) is 1.41. The summed E-state index contributed by atoms with van der Waals surface area (Å²) >= 11 is 0. The van der Waals surface area contributed by atoms with Gasteiger partial charge in [0.25, 0.3) is 0 Å². The van der Waals surface area contributed by atoms with Crippen molar-refractivity contribution in [3.63, 3.8) is 0 Å². The summed E-state index contributed by atoms with van der Waals surface area (Å²) < 4.78 is 9.66. The number of esters is 1. The van der Waals surface area contributed by atoms with Gasteiger partial charge < -0.3 is 13.9 Å². The molecule has 2 aromatic heterocycles. The maximum atomic E-state index is 12.2. The van der Waals surface area contributed by atoms with E-state index in [0.717, 1.165) is 90.9 Å². The number of hydrogen-bond donors (Lipinski definition) is 0. The Balaban J connectivity index is 1.61. The molecule has 0 aliphatic rings. The summed E-state index contributed by atoms with van der Waals surface area (Å²) in [5.74, 6) is 1.68. The minimum atomic E-state index is -0.347. The second kappa shape index (κ2) is 11.6. The number of rotatable bonds is 11. The number of ether oxygens (including phenoxy) is 1. The molecule has 0 spiro atoms. The van der Waals surface area contributed by atoms with Crippen molar-refractivity contribution in [2.45, 2.75) is 65.5 Å². The van der Waals surface area contributed by atoms with Crippen LogP contribution < -0.4 is 0 Å². The zero-order chi connectivity index (χ0) is 26.5. The van der Waals surface area contributed by atoms with Gasteiger partial charge >= 0.3 is 5.97 Å². The predicted octanol–water partition coefficient (Wildman–Crippen LogP) is 7.23. The fourth-order valence-electron chi connectivity index (χ4n) is 5.34. The minimum Gasteiger partial charge on any atom is -0.465 e. The van der Waals surface area contributed by atoms with E-state index in [9.17, 15) is 4.79 Å². The fourth-order valence-corrected chi connectivity index (χ4v) is 5.34. The van der Waals surface area contributed by atoms with Gasteiger partial charge in [-0.2, -0.15) is 0 Å². The van der Waals surface area contributed by atoms with Gasteiger partial charge in [-0.05, 0) is 55.2 Å². The van der Waals surface area contributed by atoms with Gasteiger partial charge in [-0.25, -0.2) is 14.8 Å². The van der Waals surface area contributed by atoms with Gasteiger partial charge in [0.05, 0.1) is 34.7 Å². The lowest BCUT2D eigenvalue weighted by Crippen LogP contribution is -2.06. The number of carbonyl (C=O) groups is 1. The number of methoxy groups -OCH3 is 1. The molecule has 6 nitrogen and oxygen atoms in total. The number of benzene rings is 3. The van der Waals surface area contributed by atoms with Crippen LogP contribution in [-0.4, -0.2) is 32.2 Å². The average molecular weight is 509 g/mol. The third-order valence-electron chi connectivity index (χ3n) is 7.25. The monoisotopic (exact) mass is 508 g/mol. The lowest BCUT2D eigenvalue weighted by atomic mass is 10.1. The Hall–Kier alpha value is -3.93. The molecule has 5 aromatic rings. The first-order valence-electron chi connectivity index (χ1n) is 13.8. The summed E-state index contributed by atoms with van der Waals surface area (Å²) in [6.45, 7) is 6.16. The highest BCUT2D eigenvalue weighted by molar-refractivity contribution is 5.96. The highest BCUT2D eigenvalue weighted by atomic mass is 16.5. The number of carbonyl (C=O) groups excluding carboxylic acids is 1. The zero-order valence-corrected chi connectivity index (χ0v) is 22.6. The molecule has 0 saturated carbocycles. The molecule has 0 fully saturated rings. The van der Waals surface area contributed by atoms with Crippen LogP contribution in [0.15, 0.2) is 66.7 Å². The Kier molecular flexibility index (Phi) is 7.87. The Morgan fingerprint density at radius 2 is 1.66 bits per heavy atom. The van der Waals surface area contributed by atoms with Crippen molar-refractivity contribution >= 4 is 28.0 Å². The van der Waals surface area contributed by atoms with E-state index in [1.54, 1.807) is 0 Å². The summed E-state index contributed by atoms with van der Waals surface area (Å²) in [6.07, 6.45) is 6.30. The van der Waals surface area contributed by atoms with E-state index < -0.39 is 0 Å². The predicted molar refractivity (Wildman–Crippen MR) is 153 cm³/mol. The van der Waals surface area contributed by atoms with Crippen LogP contribution in [0.2, 0.25) is 0 Å². The molecule has 0 saturated heterocycles. The molecule has 38 heavy (non-hydrogen) atoms. The molecule has 0 amide bonds. The van der Waals surface area contributed by atoms with Crippen molar-refractivity contribution in [2.75, 3.05) is 7.11 Å². The van der Waals surface area contributed by atoms with Crippen molar-refractivity contribution in [3.05, 3.63) is 83.7 Å². The fraction of sp³-hybridized carbons (Fsp3) is 0.344. The third kappa shape index (κ3) is 5.08. The molecule has 0 aliphatic heterocycles. The van der Waals surface area contributed by atoms with Crippen molar-refractivity contribution in [1.29, 1.82) is 0 Å². The van der Waals surface area contributed by atoms with Crippen LogP contribution in [0.4, 0.5) is 0 Å². The first-order chi connectivity index (χ1) is 18.6. The first kappa shape index (κ1) is 25.7. The number of para-hydroxylation sites is 1. The number of aryl methyl sites for hydroxylation is 4. The molecule has 5 rings (SSSR count). The van der Waals surface area contributed by atoms with Crippen LogP contribution in [0.5, 0.6) is 0 Å². The largest absolute Gasteiger partial charge is 0.465 e. The molecule has 0 bridgehead atoms. The molecule has 3 aromatic carbocycles. The van der Waals surface area contributed by atoms with Gasteiger partial charge in [0, 0.05) is 25.1 Å². The van der Waals surface area contributed by atoms with Crippen molar-refractivity contribution < 1.29 is 9.53 Å². The molecule has 0 atom stereocenters. The van der Waals surface area contributed by atoms with E-state index in [-0.39, 0.29) is 5.97 Å². The van der Waals surface area contributed by atoms with Gasteiger partial charge in [-0.1, -0.05) is 63.1 Å². The maximum Gasteiger partial charge on any atom is 0.337 e. The van der Waals surface area contributed by atoms with E-state index in [2.05, 4.69) is 71.5 Å². The summed E-state index contributed by atoms with van der Waals surface area (Å²) in [6, 6.07) is 22.7. The van der Waals surface area contributed by atoms with E-state index >= 15 is 0 Å². The lowest BCUT2D eigenvalue weighted by molar-refractivity contribution is 0.0601. The second-order valence-corrected chi connectivity index (χ2v) is 9.78. The lowest BCUT2D eigenvalue weighted by Gasteiger charge is -2.13. The highest BCUT2D eigenvalue weighted by Crippen LogP contribution is 2.33. The third-order valence-corrected chi connectivity index (χ3v) is 7.25. The maximum absolute atomic E-state index is 12.2. The number of unbranched alkanes of at least 4 members (excludes halogenated alkanes) is 2. The highest BCUT2D eigenvalue weighted by Gasteiger charge is 2.20. The number of nitrogens with zero attached hydrogens (tertiary/aromatic N) is 4. The first-order valence-corrected chi connectivity index (χ1v) is 13.8. The van der Waals surface area contributed by atoms with Gasteiger partial charge in [0.1, 0.15) is 11.6 Å². The Morgan fingerprint density at radius 1 is 0.842 bits per heavy atom. The molecule has 0 aliphatic carbocycles. The minimum absolute atomic E-state index is 0.347. The smallest absolute Gasteiger partial charge is 0.337 e. The van der Waals surface area contributed by atoms with Crippen molar-refractivity contribution in [1.82, 2.24) is 19.1 Å². The van der Waals surface area contributed by atoms with Crippen molar-refractivity contribution in [3.8, 4) is 11.4 Å². The molecule has 196 valence electrons. The molecule has 2 heterocycles. The Labute approximate surface area is 224 Å². The topological polar surface area (TPSA) is 61.9 Å².